The standard InChI is InChI=1S/C26H27N3O2/c30-26(28-23-11-5-4-10-22(23)20-8-2-1-3-9-20)31-25-21-12-15-29(16-13-21)24(25)17-19-7-6-14-27-18-19/h1-11,14,18,21,24-25H,12-13,15-17H2,(H,28,30). The molecule has 0 spiro atoms. The molecule has 1 N–H and O–H groups in total. The summed E-state index contributed by atoms with van der Waals surface area (Å²) in [6.07, 6.45) is 6.25. The third kappa shape index (κ3) is 4.32. The number of fused-ring (bicyclic) bond motifs is 3. The largest absolute Gasteiger partial charge is 0.444 e. The molecule has 2 bridgehead atoms. The van der Waals surface area contributed by atoms with Gasteiger partial charge in [-0.2, -0.15) is 0 Å². The second kappa shape index (κ2) is 8.90. The normalized spacial score (nSPS) is 24.5. The Bertz CT molecular complexity index is 1020. The molecule has 6 rings (SSSR count). The number of piperidine rings is 3. The van der Waals surface area contributed by atoms with Crippen molar-refractivity contribution in [3.8, 4) is 11.1 Å². The number of para-hydroxylation sites is 1. The molecule has 0 saturated carbocycles. The molecule has 3 aromatic rings. The van der Waals surface area contributed by atoms with Crippen LogP contribution in [-0.2, 0) is 11.2 Å². The second-order valence-electron chi connectivity index (χ2n) is 8.41. The van der Waals surface area contributed by atoms with E-state index in [9.17, 15) is 4.79 Å². The quantitative estimate of drug-likeness (QED) is 0.639. The lowest BCUT2D eigenvalue weighted by Gasteiger charge is -2.50. The Balaban J connectivity index is 1.33. The molecule has 5 nitrogen and oxygen atoms in total. The van der Waals surface area contributed by atoms with Crippen LogP contribution < -0.4 is 5.32 Å². The minimum Gasteiger partial charge on any atom is -0.444 e. The van der Waals surface area contributed by atoms with Gasteiger partial charge in [-0.25, -0.2) is 4.79 Å². The van der Waals surface area contributed by atoms with Crippen molar-refractivity contribution in [3.63, 3.8) is 0 Å². The number of amides is 1. The fourth-order valence-corrected chi connectivity index (χ4v) is 5.01. The average molecular weight is 414 g/mol. The first-order valence-electron chi connectivity index (χ1n) is 11.0. The summed E-state index contributed by atoms with van der Waals surface area (Å²) < 4.78 is 6.09. The summed E-state index contributed by atoms with van der Waals surface area (Å²) in [5.41, 5.74) is 4.00. The molecule has 4 heterocycles. The van der Waals surface area contributed by atoms with Crippen LogP contribution in [0.25, 0.3) is 11.1 Å². The van der Waals surface area contributed by atoms with E-state index in [-0.39, 0.29) is 18.2 Å². The molecule has 2 aromatic carbocycles. The summed E-state index contributed by atoms with van der Waals surface area (Å²) in [7, 11) is 0. The van der Waals surface area contributed by atoms with Crippen molar-refractivity contribution in [3.05, 3.63) is 84.7 Å². The van der Waals surface area contributed by atoms with Gasteiger partial charge in [-0.15, -0.1) is 0 Å². The summed E-state index contributed by atoms with van der Waals surface area (Å²) in [5.74, 6) is 0.418. The van der Waals surface area contributed by atoms with Crippen LogP contribution in [0.5, 0.6) is 0 Å². The SMILES string of the molecule is O=C(Nc1ccccc1-c1ccccc1)OC1C2CCN(CC2)C1Cc1cccnc1. The smallest absolute Gasteiger partial charge is 0.411 e. The molecule has 3 aliphatic rings. The lowest BCUT2D eigenvalue weighted by molar-refractivity contribution is -0.0741. The zero-order chi connectivity index (χ0) is 21.0. The molecule has 31 heavy (non-hydrogen) atoms. The molecule has 2 unspecified atom stereocenters. The monoisotopic (exact) mass is 413 g/mol. The number of hydrogen-bond acceptors (Lipinski definition) is 4. The van der Waals surface area contributed by atoms with Crippen LogP contribution in [0.2, 0.25) is 0 Å². The van der Waals surface area contributed by atoms with Crippen molar-refractivity contribution in [2.24, 2.45) is 5.92 Å². The fourth-order valence-electron chi connectivity index (χ4n) is 5.01. The zero-order valence-electron chi connectivity index (χ0n) is 17.5. The lowest BCUT2D eigenvalue weighted by Crippen LogP contribution is -2.60. The molecule has 158 valence electrons. The number of aromatic nitrogens is 1. The van der Waals surface area contributed by atoms with Crippen LogP contribution in [0.15, 0.2) is 79.1 Å². The molecule has 1 amide bonds. The number of anilines is 1. The van der Waals surface area contributed by atoms with Gasteiger partial charge in [-0.3, -0.25) is 15.2 Å². The van der Waals surface area contributed by atoms with Gasteiger partial charge in [0, 0.05) is 23.9 Å². The number of pyridine rings is 1. The van der Waals surface area contributed by atoms with E-state index >= 15 is 0 Å². The molecule has 3 saturated heterocycles. The van der Waals surface area contributed by atoms with Gasteiger partial charge in [0.2, 0.25) is 0 Å². The van der Waals surface area contributed by atoms with Crippen LogP contribution in [0, 0.1) is 5.92 Å². The van der Waals surface area contributed by atoms with E-state index in [1.54, 1.807) is 6.20 Å². The maximum Gasteiger partial charge on any atom is 0.411 e. The van der Waals surface area contributed by atoms with E-state index in [1.807, 2.05) is 66.9 Å². The number of nitrogens with zero attached hydrogens (tertiary/aromatic N) is 2. The Morgan fingerprint density at radius 3 is 2.55 bits per heavy atom. The first kappa shape index (κ1) is 19.8. The molecular weight excluding hydrogens is 386 g/mol. The third-order valence-corrected chi connectivity index (χ3v) is 6.55. The molecule has 2 atom stereocenters. The Kier molecular flexibility index (Phi) is 5.67. The highest BCUT2D eigenvalue weighted by atomic mass is 16.6. The van der Waals surface area contributed by atoms with Gasteiger partial charge in [0.25, 0.3) is 0 Å². The Morgan fingerprint density at radius 2 is 1.77 bits per heavy atom. The topological polar surface area (TPSA) is 54.5 Å². The van der Waals surface area contributed by atoms with E-state index in [1.165, 1.54) is 5.56 Å². The zero-order valence-corrected chi connectivity index (χ0v) is 17.5. The number of carbonyl (C=O) groups is 1. The molecule has 0 radical (unpaired) electrons. The molecule has 0 aliphatic carbocycles. The summed E-state index contributed by atoms with van der Waals surface area (Å²) >= 11 is 0. The van der Waals surface area contributed by atoms with Crippen molar-refractivity contribution >= 4 is 11.8 Å². The number of benzene rings is 2. The molecule has 3 aliphatic heterocycles. The maximum absolute atomic E-state index is 13.0. The summed E-state index contributed by atoms with van der Waals surface area (Å²) in [6.45, 7) is 2.15. The van der Waals surface area contributed by atoms with Crippen LogP contribution in [0.1, 0.15) is 18.4 Å². The van der Waals surface area contributed by atoms with Crippen LogP contribution in [-0.4, -0.2) is 41.2 Å². The van der Waals surface area contributed by atoms with Gasteiger partial charge in [-0.1, -0.05) is 54.6 Å². The number of ether oxygens (including phenoxy) is 1. The molecule has 1 aromatic heterocycles. The highest BCUT2D eigenvalue weighted by Crippen LogP contribution is 2.36. The first-order valence-corrected chi connectivity index (χ1v) is 11.0. The van der Waals surface area contributed by atoms with Crippen LogP contribution >= 0.6 is 0 Å². The minimum absolute atomic E-state index is 0.105. The van der Waals surface area contributed by atoms with Gasteiger partial charge in [-0.05, 0) is 55.6 Å². The summed E-state index contributed by atoms with van der Waals surface area (Å²) in [4.78, 5) is 19.7. The third-order valence-electron chi connectivity index (χ3n) is 6.55. The first-order chi connectivity index (χ1) is 15.3. The van der Waals surface area contributed by atoms with Crippen molar-refractivity contribution < 1.29 is 9.53 Å². The van der Waals surface area contributed by atoms with E-state index in [0.717, 1.165) is 49.2 Å². The highest BCUT2D eigenvalue weighted by molar-refractivity contribution is 5.91. The van der Waals surface area contributed by atoms with E-state index in [4.69, 9.17) is 4.74 Å². The summed E-state index contributed by atoms with van der Waals surface area (Å²) in [6, 6.07) is 22.2. The highest BCUT2D eigenvalue weighted by Gasteiger charge is 2.44. The van der Waals surface area contributed by atoms with Crippen LogP contribution in [0.3, 0.4) is 0 Å². The van der Waals surface area contributed by atoms with Crippen molar-refractivity contribution in [1.29, 1.82) is 0 Å². The predicted octanol–water partition coefficient (Wildman–Crippen LogP) is 5.00. The average Bonchev–Trinajstić information content (AvgIpc) is 2.83. The second-order valence-corrected chi connectivity index (χ2v) is 8.41. The molecule has 5 heteroatoms. The van der Waals surface area contributed by atoms with Gasteiger partial charge >= 0.3 is 6.09 Å². The predicted molar refractivity (Wildman–Crippen MR) is 122 cm³/mol. The van der Waals surface area contributed by atoms with Gasteiger partial charge in [0.15, 0.2) is 0 Å². The van der Waals surface area contributed by atoms with Crippen molar-refractivity contribution in [2.45, 2.75) is 31.4 Å². The number of rotatable bonds is 5. The molecular formula is C26H27N3O2. The minimum atomic E-state index is -0.377. The maximum atomic E-state index is 13.0. The van der Waals surface area contributed by atoms with Crippen LogP contribution in [0.4, 0.5) is 10.5 Å². The molecule has 3 fully saturated rings. The Labute approximate surface area is 183 Å². The number of nitrogens with one attached hydrogen (secondary N) is 1. The van der Waals surface area contributed by atoms with E-state index in [2.05, 4.69) is 21.3 Å². The van der Waals surface area contributed by atoms with E-state index in [0.29, 0.717) is 5.92 Å². The number of carbonyl (C=O) groups excluding carboxylic acids is 1. The van der Waals surface area contributed by atoms with Gasteiger partial charge < -0.3 is 4.74 Å². The summed E-state index contributed by atoms with van der Waals surface area (Å²) in [5, 5.41) is 3.01. The van der Waals surface area contributed by atoms with E-state index < -0.39 is 0 Å². The van der Waals surface area contributed by atoms with Crippen molar-refractivity contribution in [2.75, 3.05) is 18.4 Å². The Hall–Kier alpha value is -3.18. The van der Waals surface area contributed by atoms with Gasteiger partial charge in [0.1, 0.15) is 6.10 Å². The fraction of sp³-hybridized carbons (Fsp3) is 0.308. The lowest BCUT2D eigenvalue weighted by atomic mass is 9.78. The number of hydrogen-bond donors (Lipinski definition) is 1. The Morgan fingerprint density at radius 1 is 1.00 bits per heavy atom. The van der Waals surface area contributed by atoms with Crippen molar-refractivity contribution in [1.82, 2.24) is 9.88 Å². The van der Waals surface area contributed by atoms with Gasteiger partial charge in [0.05, 0.1) is 11.7 Å².